The molecule has 0 aliphatic carbocycles. The SMILES string of the molecule is Cc1cc(Cl)cc2[nH]c(=O)c(NC(=O)c3ccncc3)c(O)c12. The fourth-order valence-electron chi connectivity index (χ4n) is 2.38. The molecule has 116 valence electrons. The number of hydrogen-bond donors (Lipinski definition) is 3. The number of nitrogens with one attached hydrogen (secondary N) is 2. The molecule has 0 atom stereocenters. The number of nitrogens with zero attached hydrogens (tertiary/aromatic N) is 1. The lowest BCUT2D eigenvalue weighted by Crippen LogP contribution is -2.20. The number of rotatable bonds is 2. The number of carbonyl (C=O) groups excluding carboxylic acids is 1. The van der Waals surface area contributed by atoms with Gasteiger partial charge in [-0.3, -0.25) is 14.6 Å². The van der Waals surface area contributed by atoms with Gasteiger partial charge >= 0.3 is 0 Å². The molecule has 0 saturated heterocycles. The molecule has 3 N–H and O–H groups in total. The Morgan fingerprint density at radius 2 is 2.00 bits per heavy atom. The van der Waals surface area contributed by atoms with Crippen LogP contribution >= 0.6 is 11.6 Å². The number of hydrogen-bond acceptors (Lipinski definition) is 4. The van der Waals surface area contributed by atoms with E-state index in [1.165, 1.54) is 24.5 Å². The van der Waals surface area contributed by atoms with Crippen molar-refractivity contribution in [2.75, 3.05) is 5.32 Å². The number of benzene rings is 1. The first-order valence-electron chi connectivity index (χ1n) is 6.74. The number of carbonyl (C=O) groups is 1. The third-order valence-corrected chi connectivity index (χ3v) is 3.65. The molecule has 6 nitrogen and oxygen atoms in total. The molecule has 0 aliphatic heterocycles. The lowest BCUT2D eigenvalue weighted by Gasteiger charge is -2.11. The Bertz CT molecular complexity index is 968. The van der Waals surface area contributed by atoms with Crippen molar-refractivity contribution in [3.05, 3.63) is 63.2 Å². The van der Waals surface area contributed by atoms with Crippen LogP contribution in [-0.2, 0) is 0 Å². The summed E-state index contributed by atoms with van der Waals surface area (Å²) >= 11 is 5.95. The number of aromatic hydroxyl groups is 1. The van der Waals surface area contributed by atoms with Crippen LogP contribution in [-0.4, -0.2) is 21.0 Å². The average Bonchev–Trinajstić information content (AvgIpc) is 2.51. The number of fused-ring (bicyclic) bond motifs is 1. The summed E-state index contributed by atoms with van der Waals surface area (Å²) in [5, 5.41) is 13.7. The van der Waals surface area contributed by atoms with E-state index in [0.717, 1.165) is 0 Å². The molecular formula is C16H12ClN3O3. The maximum absolute atomic E-state index is 12.2. The van der Waals surface area contributed by atoms with Crippen molar-refractivity contribution in [3.63, 3.8) is 0 Å². The van der Waals surface area contributed by atoms with Crippen LogP contribution in [0, 0.1) is 6.92 Å². The van der Waals surface area contributed by atoms with Gasteiger partial charge in [-0.05, 0) is 36.8 Å². The minimum atomic E-state index is -0.612. The topological polar surface area (TPSA) is 95.1 Å². The molecule has 3 aromatic rings. The smallest absolute Gasteiger partial charge is 0.276 e. The van der Waals surface area contributed by atoms with Crippen LogP contribution in [0.3, 0.4) is 0 Å². The maximum atomic E-state index is 12.2. The quantitative estimate of drug-likeness (QED) is 0.673. The predicted octanol–water partition coefficient (Wildman–Crippen LogP) is 2.84. The molecule has 7 heteroatoms. The molecule has 2 heterocycles. The third kappa shape index (κ3) is 2.76. The van der Waals surface area contributed by atoms with Crippen LogP contribution in [0.4, 0.5) is 5.69 Å². The third-order valence-electron chi connectivity index (χ3n) is 3.43. The van der Waals surface area contributed by atoms with E-state index in [0.29, 0.717) is 27.1 Å². The zero-order chi connectivity index (χ0) is 16.6. The van der Waals surface area contributed by atoms with Crippen LogP contribution in [0.25, 0.3) is 10.9 Å². The monoisotopic (exact) mass is 329 g/mol. The zero-order valence-electron chi connectivity index (χ0n) is 12.1. The van der Waals surface area contributed by atoms with Crippen molar-refractivity contribution < 1.29 is 9.90 Å². The van der Waals surface area contributed by atoms with Gasteiger partial charge in [-0.2, -0.15) is 0 Å². The highest BCUT2D eigenvalue weighted by atomic mass is 35.5. The highest BCUT2D eigenvalue weighted by molar-refractivity contribution is 6.31. The van der Waals surface area contributed by atoms with Crippen molar-refractivity contribution in [2.45, 2.75) is 6.92 Å². The van der Waals surface area contributed by atoms with Gasteiger partial charge < -0.3 is 15.4 Å². The first-order chi connectivity index (χ1) is 11.0. The molecule has 2 aromatic heterocycles. The number of aromatic nitrogens is 2. The van der Waals surface area contributed by atoms with E-state index >= 15 is 0 Å². The molecule has 0 aliphatic rings. The highest BCUT2D eigenvalue weighted by Crippen LogP contribution is 2.33. The van der Waals surface area contributed by atoms with Crippen molar-refractivity contribution in [3.8, 4) is 5.75 Å². The lowest BCUT2D eigenvalue weighted by atomic mass is 10.1. The van der Waals surface area contributed by atoms with Crippen LogP contribution < -0.4 is 10.9 Å². The van der Waals surface area contributed by atoms with E-state index in [4.69, 9.17) is 11.6 Å². The standard InChI is InChI=1S/C16H12ClN3O3/c1-8-6-10(17)7-11-12(8)14(21)13(16(23)19-11)20-15(22)9-2-4-18-5-3-9/h2-7H,1H3,(H,20,22)(H2,19,21,23). The van der Waals surface area contributed by atoms with Crippen LogP contribution in [0.1, 0.15) is 15.9 Å². The Morgan fingerprint density at radius 3 is 2.70 bits per heavy atom. The second-order valence-electron chi connectivity index (χ2n) is 5.01. The van der Waals surface area contributed by atoms with Crippen LogP contribution in [0.5, 0.6) is 5.75 Å². The molecule has 0 bridgehead atoms. The molecule has 3 rings (SSSR count). The molecule has 0 spiro atoms. The Morgan fingerprint density at radius 1 is 1.30 bits per heavy atom. The molecule has 0 fully saturated rings. The number of amides is 1. The fourth-order valence-corrected chi connectivity index (χ4v) is 2.65. The van der Waals surface area contributed by atoms with Gasteiger partial charge in [0.15, 0.2) is 11.4 Å². The highest BCUT2D eigenvalue weighted by Gasteiger charge is 2.17. The summed E-state index contributed by atoms with van der Waals surface area (Å²) in [6.45, 7) is 1.75. The maximum Gasteiger partial charge on any atom is 0.276 e. The summed E-state index contributed by atoms with van der Waals surface area (Å²) in [5.74, 6) is -0.806. The van der Waals surface area contributed by atoms with E-state index < -0.39 is 11.5 Å². The summed E-state index contributed by atoms with van der Waals surface area (Å²) in [6, 6.07) is 6.22. The normalized spacial score (nSPS) is 10.7. The van der Waals surface area contributed by atoms with E-state index in [9.17, 15) is 14.7 Å². The number of anilines is 1. The van der Waals surface area contributed by atoms with Crippen molar-refractivity contribution in [1.29, 1.82) is 0 Å². The molecule has 0 saturated carbocycles. The molecule has 0 radical (unpaired) electrons. The number of pyridine rings is 2. The van der Waals surface area contributed by atoms with Crippen molar-refractivity contribution >= 4 is 34.1 Å². The zero-order valence-corrected chi connectivity index (χ0v) is 12.8. The summed E-state index contributed by atoms with van der Waals surface area (Å²) in [6.07, 6.45) is 2.93. The molecular weight excluding hydrogens is 318 g/mol. The Labute approximate surface area is 135 Å². The van der Waals surface area contributed by atoms with Gasteiger partial charge in [-0.25, -0.2) is 0 Å². The van der Waals surface area contributed by atoms with Gasteiger partial charge in [0.2, 0.25) is 0 Å². The van der Waals surface area contributed by atoms with Gasteiger partial charge in [0, 0.05) is 28.4 Å². The Hall–Kier alpha value is -2.86. The van der Waals surface area contributed by atoms with Gasteiger partial charge in [0.05, 0.1) is 5.52 Å². The molecule has 23 heavy (non-hydrogen) atoms. The summed E-state index contributed by atoms with van der Waals surface area (Å²) in [7, 11) is 0. The summed E-state index contributed by atoms with van der Waals surface area (Å²) in [5.41, 5.74) is 0.593. The van der Waals surface area contributed by atoms with E-state index in [1.807, 2.05) is 0 Å². The minimum Gasteiger partial charge on any atom is -0.505 e. The van der Waals surface area contributed by atoms with E-state index in [2.05, 4.69) is 15.3 Å². The minimum absolute atomic E-state index is 0.204. The molecule has 0 unspecified atom stereocenters. The van der Waals surface area contributed by atoms with Gasteiger partial charge in [0.1, 0.15) is 0 Å². The molecule has 1 amide bonds. The van der Waals surface area contributed by atoms with E-state index in [1.54, 1.807) is 19.1 Å². The summed E-state index contributed by atoms with van der Waals surface area (Å²) in [4.78, 5) is 30.8. The van der Waals surface area contributed by atoms with Gasteiger partial charge in [-0.15, -0.1) is 0 Å². The van der Waals surface area contributed by atoms with E-state index in [-0.39, 0.29) is 11.4 Å². The summed E-state index contributed by atoms with van der Waals surface area (Å²) < 4.78 is 0. The second kappa shape index (κ2) is 5.73. The largest absolute Gasteiger partial charge is 0.505 e. The molecule has 1 aromatic carbocycles. The lowest BCUT2D eigenvalue weighted by molar-refractivity contribution is 0.102. The van der Waals surface area contributed by atoms with Crippen molar-refractivity contribution in [1.82, 2.24) is 9.97 Å². The van der Waals surface area contributed by atoms with Gasteiger partial charge in [-0.1, -0.05) is 11.6 Å². The number of halogens is 1. The predicted molar refractivity (Wildman–Crippen MR) is 88.2 cm³/mol. The average molecular weight is 330 g/mol. The number of H-pyrrole nitrogens is 1. The first kappa shape index (κ1) is 15.1. The second-order valence-corrected chi connectivity index (χ2v) is 5.45. The Kier molecular flexibility index (Phi) is 3.75. The van der Waals surface area contributed by atoms with Crippen LogP contribution in [0.15, 0.2) is 41.5 Å². The Balaban J connectivity index is 2.12. The number of aromatic amines is 1. The fraction of sp³-hybridized carbons (Fsp3) is 0.0625. The van der Waals surface area contributed by atoms with Gasteiger partial charge in [0.25, 0.3) is 11.5 Å². The first-order valence-corrected chi connectivity index (χ1v) is 7.11. The number of aryl methyl sites for hydroxylation is 1. The van der Waals surface area contributed by atoms with Crippen molar-refractivity contribution in [2.24, 2.45) is 0 Å². The van der Waals surface area contributed by atoms with Crippen LogP contribution in [0.2, 0.25) is 5.02 Å².